The molecular formula is C19H17ClFN3O6S. The zero-order chi connectivity index (χ0) is 22.8. The second-order valence-electron chi connectivity index (χ2n) is 6.29. The monoisotopic (exact) mass is 469 g/mol. The highest BCUT2D eigenvalue weighted by Gasteiger charge is 2.25. The number of nitrogens with zero attached hydrogens (tertiary/aromatic N) is 3. The molecule has 0 saturated carbocycles. The standard InChI is InChI=1S/C19H17ClFN3O6S/c1-11-4-5-12(8-15(11)21)18-22-17(30-23-18)10-29-19(25)13-6-7-14(20)16(9-13)31(26,27)24(2)28-3/h4-9H,10H2,1-3H3. The van der Waals surface area contributed by atoms with E-state index in [0.29, 0.717) is 15.6 Å². The van der Waals surface area contributed by atoms with Gasteiger partial charge in [-0.1, -0.05) is 33.4 Å². The lowest BCUT2D eigenvalue weighted by atomic mass is 10.1. The van der Waals surface area contributed by atoms with Gasteiger partial charge in [-0.2, -0.15) is 4.98 Å². The van der Waals surface area contributed by atoms with Crippen LogP contribution in [0.15, 0.2) is 45.8 Å². The molecule has 0 bridgehead atoms. The molecule has 0 fully saturated rings. The summed E-state index contributed by atoms with van der Waals surface area (Å²) in [6, 6.07) is 8.11. The van der Waals surface area contributed by atoms with Crippen LogP contribution in [-0.2, 0) is 26.2 Å². The van der Waals surface area contributed by atoms with Gasteiger partial charge in [0.25, 0.3) is 15.9 Å². The van der Waals surface area contributed by atoms with Crippen LogP contribution in [0.4, 0.5) is 4.39 Å². The van der Waals surface area contributed by atoms with Crippen molar-refractivity contribution in [1.29, 1.82) is 0 Å². The summed E-state index contributed by atoms with van der Waals surface area (Å²) in [7, 11) is -1.72. The molecule has 31 heavy (non-hydrogen) atoms. The molecule has 0 aliphatic carbocycles. The molecule has 0 amide bonds. The first kappa shape index (κ1) is 22.8. The minimum absolute atomic E-state index is 0.0229. The van der Waals surface area contributed by atoms with Crippen molar-refractivity contribution in [1.82, 2.24) is 14.6 Å². The lowest BCUT2D eigenvalue weighted by molar-refractivity contribution is -0.0258. The molecule has 3 rings (SSSR count). The Kier molecular flexibility index (Phi) is 6.70. The number of carbonyl (C=O) groups excluding carboxylic acids is 1. The number of benzene rings is 2. The van der Waals surface area contributed by atoms with Gasteiger partial charge in [0.2, 0.25) is 5.82 Å². The Morgan fingerprint density at radius 3 is 2.68 bits per heavy atom. The summed E-state index contributed by atoms with van der Waals surface area (Å²) < 4.78 is 49.3. The van der Waals surface area contributed by atoms with Crippen LogP contribution in [0.1, 0.15) is 21.8 Å². The maximum absolute atomic E-state index is 13.7. The molecule has 0 aliphatic rings. The quantitative estimate of drug-likeness (QED) is 0.382. The summed E-state index contributed by atoms with van der Waals surface area (Å²) in [4.78, 5) is 20.8. The maximum Gasteiger partial charge on any atom is 0.338 e. The van der Waals surface area contributed by atoms with Gasteiger partial charge in [-0.05, 0) is 36.8 Å². The smallest absolute Gasteiger partial charge is 0.338 e. The maximum atomic E-state index is 13.7. The van der Waals surface area contributed by atoms with Crippen molar-refractivity contribution < 1.29 is 31.7 Å². The van der Waals surface area contributed by atoms with Crippen molar-refractivity contribution in [3.63, 3.8) is 0 Å². The normalized spacial score (nSPS) is 11.7. The Morgan fingerprint density at radius 2 is 2.00 bits per heavy atom. The van der Waals surface area contributed by atoms with Crippen LogP contribution in [0.25, 0.3) is 11.4 Å². The molecule has 0 radical (unpaired) electrons. The Balaban J connectivity index is 1.74. The fourth-order valence-corrected chi connectivity index (χ4v) is 3.91. The van der Waals surface area contributed by atoms with Crippen LogP contribution in [0, 0.1) is 12.7 Å². The summed E-state index contributed by atoms with van der Waals surface area (Å²) in [6.07, 6.45) is 0. The van der Waals surface area contributed by atoms with Crippen LogP contribution < -0.4 is 0 Å². The van der Waals surface area contributed by atoms with Gasteiger partial charge in [0, 0.05) is 12.6 Å². The lowest BCUT2D eigenvalue weighted by Gasteiger charge is -2.15. The zero-order valence-corrected chi connectivity index (χ0v) is 18.2. The van der Waals surface area contributed by atoms with Crippen molar-refractivity contribution in [3.8, 4) is 11.4 Å². The van der Waals surface area contributed by atoms with Gasteiger partial charge < -0.3 is 9.26 Å². The Morgan fingerprint density at radius 1 is 1.26 bits per heavy atom. The minimum atomic E-state index is -4.08. The van der Waals surface area contributed by atoms with E-state index in [1.807, 2.05) is 0 Å². The first-order valence-corrected chi connectivity index (χ1v) is 10.5. The molecule has 0 saturated heterocycles. The zero-order valence-electron chi connectivity index (χ0n) is 16.6. The molecule has 0 aliphatic heterocycles. The SMILES string of the molecule is CON(C)S(=O)(=O)c1cc(C(=O)OCc2nc(-c3ccc(C)c(F)c3)no2)ccc1Cl. The van der Waals surface area contributed by atoms with Gasteiger partial charge in [0.1, 0.15) is 10.7 Å². The third-order valence-corrected chi connectivity index (χ3v) is 6.43. The van der Waals surface area contributed by atoms with E-state index >= 15 is 0 Å². The second kappa shape index (κ2) is 9.10. The van der Waals surface area contributed by atoms with Crippen LogP contribution in [0.3, 0.4) is 0 Å². The van der Waals surface area contributed by atoms with E-state index in [1.165, 1.54) is 32.4 Å². The van der Waals surface area contributed by atoms with E-state index in [1.54, 1.807) is 19.1 Å². The number of esters is 1. The van der Waals surface area contributed by atoms with Crippen LogP contribution in [0.5, 0.6) is 0 Å². The molecule has 0 atom stereocenters. The molecule has 12 heteroatoms. The highest BCUT2D eigenvalue weighted by Crippen LogP contribution is 2.26. The van der Waals surface area contributed by atoms with Crippen molar-refractivity contribution in [2.24, 2.45) is 0 Å². The number of ether oxygens (including phenoxy) is 1. The van der Waals surface area contributed by atoms with Crippen LogP contribution >= 0.6 is 11.6 Å². The van der Waals surface area contributed by atoms with Crippen molar-refractivity contribution in [2.45, 2.75) is 18.4 Å². The van der Waals surface area contributed by atoms with Crippen LogP contribution in [0.2, 0.25) is 5.02 Å². The first-order valence-electron chi connectivity index (χ1n) is 8.72. The second-order valence-corrected chi connectivity index (χ2v) is 8.61. The average molecular weight is 470 g/mol. The van der Waals surface area contributed by atoms with Crippen molar-refractivity contribution in [2.75, 3.05) is 14.2 Å². The fourth-order valence-electron chi connectivity index (χ4n) is 2.44. The molecule has 1 heterocycles. The van der Waals surface area contributed by atoms with Crippen molar-refractivity contribution in [3.05, 3.63) is 64.3 Å². The minimum Gasteiger partial charge on any atom is -0.452 e. The summed E-state index contributed by atoms with van der Waals surface area (Å²) >= 11 is 5.97. The third kappa shape index (κ3) is 4.90. The van der Waals surface area contributed by atoms with E-state index in [0.717, 1.165) is 6.07 Å². The predicted molar refractivity (Wildman–Crippen MR) is 107 cm³/mol. The molecule has 3 aromatic rings. The number of hydrogen-bond donors (Lipinski definition) is 0. The predicted octanol–water partition coefficient (Wildman–Crippen LogP) is 3.38. The number of carbonyl (C=O) groups is 1. The third-order valence-electron chi connectivity index (χ3n) is 4.27. The molecule has 9 nitrogen and oxygen atoms in total. The molecule has 0 unspecified atom stereocenters. The van der Waals surface area contributed by atoms with Gasteiger partial charge in [-0.25, -0.2) is 17.6 Å². The summed E-state index contributed by atoms with van der Waals surface area (Å²) in [5.41, 5.74) is 0.814. The number of aryl methyl sites for hydroxylation is 1. The number of sulfonamides is 1. The van der Waals surface area contributed by atoms with Gasteiger partial charge >= 0.3 is 5.97 Å². The molecule has 0 spiro atoms. The number of aromatic nitrogens is 2. The number of rotatable bonds is 7. The molecule has 1 aromatic heterocycles. The van der Waals surface area contributed by atoms with Gasteiger partial charge in [0.05, 0.1) is 17.7 Å². The van der Waals surface area contributed by atoms with E-state index < -0.39 is 21.8 Å². The largest absolute Gasteiger partial charge is 0.452 e. The highest BCUT2D eigenvalue weighted by molar-refractivity contribution is 7.89. The Labute approximate surface area is 182 Å². The Bertz CT molecular complexity index is 1230. The molecule has 164 valence electrons. The number of hydroxylamine groups is 1. The Hall–Kier alpha value is -2.86. The highest BCUT2D eigenvalue weighted by atomic mass is 35.5. The van der Waals surface area contributed by atoms with Gasteiger partial charge in [0.15, 0.2) is 6.61 Å². The van der Waals surface area contributed by atoms with E-state index in [2.05, 4.69) is 10.1 Å². The molecule has 0 N–H and O–H groups in total. The summed E-state index contributed by atoms with van der Waals surface area (Å²) in [6.45, 7) is 1.25. The van der Waals surface area contributed by atoms with E-state index in [9.17, 15) is 17.6 Å². The topological polar surface area (TPSA) is 112 Å². The van der Waals surface area contributed by atoms with Gasteiger partial charge in [-0.15, -0.1) is 0 Å². The van der Waals surface area contributed by atoms with E-state index in [4.69, 9.17) is 25.7 Å². The molecular weight excluding hydrogens is 453 g/mol. The first-order chi connectivity index (χ1) is 14.6. The van der Waals surface area contributed by atoms with Crippen LogP contribution in [-0.4, -0.2) is 43.2 Å². The summed E-state index contributed by atoms with van der Waals surface area (Å²) in [5.74, 6) is -1.14. The van der Waals surface area contributed by atoms with Gasteiger partial charge in [-0.3, -0.25) is 4.84 Å². The number of hydrogen-bond acceptors (Lipinski definition) is 8. The van der Waals surface area contributed by atoms with E-state index in [-0.39, 0.29) is 33.8 Å². The number of halogens is 2. The fraction of sp³-hybridized carbons (Fsp3) is 0.211. The van der Waals surface area contributed by atoms with Crippen molar-refractivity contribution >= 4 is 27.6 Å². The average Bonchev–Trinajstić information content (AvgIpc) is 3.22. The lowest BCUT2D eigenvalue weighted by Crippen LogP contribution is -2.26. The summed E-state index contributed by atoms with van der Waals surface area (Å²) in [5, 5.41) is 3.64. The molecule has 2 aromatic carbocycles.